The Morgan fingerprint density at radius 1 is 1.53 bits per heavy atom. The largest absolute Gasteiger partial charge is 0.465 e. The second-order valence-corrected chi connectivity index (χ2v) is 5.39. The SMILES string of the molecule is CC(=O)OCC1(C)C2CCC1(C)C(=O)C2. The zero-order chi connectivity index (χ0) is 11.3. The lowest BCUT2D eigenvalue weighted by atomic mass is 9.69. The van der Waals surface area contributed by atoms with Gasteiger partial charge in [0.15, 0.2) is 0 Å². The highest BCUT2D eigenvalue weighted by molar-refractivity contribution is 5.89. The first-order chi connectivity index (χ1) is 6.90. The van der Waals surface area contributed by atoms with E-state index in [0.717, 1.165) is 12.8 Å². The summed E-state index contributed by atoms with van der Waals surface area (Å²) in [6, 6.07) is 0. The highest BCUT2D eigenvalue weighted by atomic mass is 16.5. The van der Waals surface area contributed by atoms with Crippen molar-refractivity contribution >= 4 is 11.8 Å². The normalized spacial score (nSPS) is 43.4. The maximum absolute atomic E-state index is 11.9. The van der Waals surface area contributed by atoms with Crippen molar-refractivity contribution in [1.29, 1.82) is 0 Å². The molecule has 2 rings (SSSR count). The Morgan fingerprint density at radius 2 is 2.20 bits per heavy atom. The van der Waals surface area contributed by atoms with Gasteiger partial charge in [0.25, 0.3) is 0 Å². The third kappa shape index (κ3) is 1.25. The molecule has 0 amide bonds. The molecule has 3 nitrogen and oxygen atoms in total. The minimum absolute atomic E-state index is 0.129. The van der Waals surface area contributed by atoms with Gasteiger partial charge in [0.1, 0.15) is 5.78 Å². The zero-order valence-electron chi connectivity index (χ0n) is 9.63. The van der Waals surface area contributed by atoms with Crippen LogP contribution < -0.4 is 0 Å². The Labute approximate surface area is 90.2 Å². The van der Waals surface area contributed by atoms with Gasteiger partial charge in [-0.05, 0) is 18.8 Å². The van der Waals surface area contributed by atoms with Gasteiger partial charge in [0, 0.05) is 24.2 Å². The van der Waals surface area contributed by atoms with Crippen LogP contribution in [-0.4, -0.2) is 18.4 Å². The molecule has 0 saturated heterocycles. The summed E-state index contributed by atoms with van der Waals surface area (Å²) in [6.45, 7) is 5.95. The van der Waals surface area contributed by atoms with Crippen LogP contribution in [0.3, 0.4) is 0 Å². The molecule has 3 unspecified atom stereocenters. The molecule has 0 spiro atoms. The van der Waals surface area contributed by atoms with E-state index in [1.165, 1.54) is 6.92 Å². The monoisotopic (exact) mass is 210 g/mol. The molecule has 3 atom stereocenters. The molecule has 0 radical (unpaired) electrons. The third-order valence-electron chi connectivity index (χ3n) is 4.78. The van der Waals surface area contributed by atoms with Crippen molar-refractivity contribution in [3.63, 3.8) is 0 Å². The number of carbonyl (C=O) groups is 2. The van der Waals surface area contributed by atoms with Crippen molar-refractivity contribution in [1.82, 2.24) is 0 Å². The second kappa shape index (κ2) is 3.06. The zero-order valence-corrected chi connectivity index (χ0v) is 9.63. The lowest BCUT2D eigenvalue weighted by Crippen LogP contribution is -2.39. The fourth-order valence-electron chi connectivity index (χ4n) is 3.28. The highest BCUT2D eigenvalue weighted by Gasteiger charge is 2.64. The van der Waals surface area contributed by atoms with E-state index in [-0.39, 0.29) is 16.8 Å². The van der Waals surface area contributed by atoms with Crippen LogP contribution in [-0.2, 0) is 14.3 Å². The summed E-state index contributed by atoms with van der Waals surface area (Å²) in [5.41, 5.74) is -0.386. The molecule has 0 heterocycles. The molecule has 0 aromatic heterocycles. The first-order valence-corrected chi connectivity index (χ1v) is 5.57. The van der Waals surface area contributed by atoms with Gasteiger partial charge in [-0.25, -0.2) is 0 Å². The van der Waals surface area contributed by atoms with Crippen molar-refractivity contribution in [2.75, 3.05) is 6.61 Å². The van der Waals surface area contributed by atoms with Gasteiger partial charge in [-0.2, -0.15) is 0 Å². The lowest BCUT2D eigenvalue weighted by molar-refractivity contribution is -0.148. The molecular weight excluding hydrogens is 192 g/mol. The summed E-state index contributed by atoms with van der Waals surface area (Å²) in [7, 11) is 0. The number of ether oxygens (including phenoxy) is 1. The van der Waals surface area contributed by atoms with E-state index in [4.69, 9.17) is 4.74 Å². The van der Waals surface area contributed by atoms with E-state index in [9.17, 15) is 9.59 Å². The van der Waals surface area contributed by atoms with Crippen LogP contribution in [0.25, 0.3) is 0 Å². The molecule has 2 saturated carbocycles. The van der Waals surface area contributed by atoms with Gasteiger partial charge in [-0.15, -0.1) is 0 Å². The molecule has 2 aliphatic carbocycles. The van der Waals surface area contributed by atoms with Gasteiger partial charge in [-0.3, -0.25) is 9.59 Å². The van der Waals surface area contributed by atoms with Crippen LogP contribution in [0, 0.1) is 16.7 Å². The van der Waals surface area contributed by atoms with E-state index in [1.54, 1.807) is 0 Å². The molecular formula is C12H18O3. The average Bonchev–Trinajstić information content (AvgIpc) is 2.50. The van der Waals surface area contributed by atoms with E-state index in [1.807, 2.05) is 6.92 Å². The van der Waals surface area contributed by atoms with E-state index in [0.29, 0.717) is 24.7 Å². The smallest absolute Gasteiger partial charge is 0.302 e. The van der Waals surface area contributed by atoms with E-state index < -0.39 is 0 Å². The third-order valence-corrected chi connectivity index (χ3v) is 4.78. The summed E-state index contributed by atoms with van der Waals surface area (Å²) < 4.78 is 5.13. The summed E-state index contributed by atoms with van der Waals surface area (Å²) in [4.78, 5) is 22.7. The molecule has 0 aromatic rings. The van der Waals surface area contributed by atoms with Crippen molar-refractivity contribution < 1.29 is 14.3 Å². The Hall–Kier alpha value is -0.860. The number of rotatable bonds is 2. The summed E-state index contributed by atoms with van der Waals surface area (Å²) in [6.07, 6.45) is 2.72. The minimum Gasteiger partial charge on any atom is -0.465 e. The van der Waals surface area contributed by atoms with Gasteiger partial charge in [-0.1, -0.05) is 13.8 Å². The summed E-state index contributed by atoms with van der Waals surface area (Å²) >= 11 is 0. The topological polar surface area (TPSA) is 43.4 Å². The Bertz CT molecular complexity index is 323. The Morgan fingerprint density at radius 3 is 2.60 bits per heavy atom. The van der Waals surface area contributed by atoms with Crippen LogP contribution in [0.2, 0.25) is 0 Å². The lowest BCUT2D eigenvalue weighted by Gasteiger charge is -2.35. The number of ketones is 1. The minimum atomic E-state index is -0.257. The van der Waals surface area contributed by atoms with Crippen molar-refractivity contribution in [2.45, 2.75) is 40.0 Å². The molecule has 3 heteroatoms. The average molecular weight is 210 g/mol. The van der Waals surface area contributed by atoms with Gasteiger partial charge < -0.3 is 4.74 Å². The van der Waals surface area contributed by atoms with Gasteiger partial charge >= 0.3 is 5.97 Å². The van der Waals surface area contributed by atoms with Gasteiger partial charge in [0.2, 0.25) is 0 Å². The molecule has 84 valence electrons. The molecule has 2 aliphatic rings. The summed E-state index contributed by atoms with van der Waals surface area (Å²) in [5, 5.41) is 0. The maximum Gasteiger partial charge on any atom is 0.302 e. The molecule has 0 aromatic carbocycles. The predicted molar refractivity (Wildman–Crippen MR) is 55.2 cm³/mol. The first-order valence-electron chi connectivity index (χ1n) is 5.57. The number of hydrogen-bond donors (Lipinski definition) is 0. The number of fused-ring (bicyclic) bond motifs is 2. The molecule has 15 heavy (non-hydrogen) atoms. The number of carbonyl (C=O) groups excluding carboxylic acids is 2. The van der Waals surface area contributed by atoms with Gasteiger partial charge in [0.05, 0.1) is 6.61 Å². The van der Waals surface area contributed by atoms with Crippen molar-refractivity contribution in [3.05, 3.63) is 0 Å². The molecule has 0 N–H and O–H groups in total. The quantitative estimate of drug-likeness (QED) is 0.654. The fourth-order valence-corrected chi connectivity index (χ4v) is 3.28. The van der Waals surface area contributed by atoms with Crippen LogP contribution >= 0.6 is 0 Å². The number of Topliss-reactive ketones (excluding diaryl/α,β-unsaturated/α-hetero) is 1. The predicted octanol–water partition coefficient (Wildman–Crippen LogP) is 1.94. The van der Waals surface area contributed by atoms with Crippen LogP contribution in [0.4, 0.5) is 0 Å². The van der Waals surface area contributed by atoms with E-state index in [2.05, 4.69) is 6.92 Å². The molecule has 2 bridgehead atoms. The van der Waals surface area contributed by atoms with Crippen LogP contribution in [0.15, 0.2) is 0 Å². The van der Waals surface area contributed by atoms with Crippen molar-refractivity contribution in [2.24, 2.45) is 16.7 Å². The summed E-state index contributed by atoms with van der Waals surface area (Å²) in [5.74, 6) is 0.515. The standard InChI is InChI=1S/C12H18O3/c1-8(13)15-7-12(3)9-4-5-11(12,2)10(14)6-9/h9H,4-7H2,1-3H3. The second-order valence-electron chi connectivity index (χ2n) is 5.39. The maximum atomic E-state index is 11.9. The van der Waals surface area contributed by atoms with E-state index >= 15 is 0 Å². The molecule has 2 fully saturated rings. The number of esters is 1. The van der Waals surface area contributed by atoms with Crippen LogP contribution in [0.1, 0.15) is 40.0 Å². The molecule has 0 aliphatic heterocycles. The highest BCUT2D eigenvalue weighted by Crippen LogP contribution is 2.63. The number of hydrogen-bond acceptors (Lipinski definition) is 3. The van der Waals surface area contributed by atoms with Crippen molar-refractivity contribution in [3.8, 4) is 0 Å². The van der Waals surface area contributed by atoms with Crippen LogP contribution in [0.5, 0.6) is 0 Å². The first kappa shape index (κ1) is 10.7. The fraction of sp³-hybridized carbons (Fsp3) is 0.833. The Kier molecular flexibility index (Phi) is 2.18. The Balaban J connectivity index is 2.21.